The van der Waals surface area contributed by atoms with Crippen LogP contribution in [-0.4, -0.2) is 0 Å². The van der Waals surface area contributed by atoms with Crippen molar-refractivity contribution in [1.29, 1.82) is 0 Å². The van der Waals surface area contributed by atoms with Gasteiger partial charge in [0.05, 0.1) is 0 Å². The zero-order chi connectivity index (χ0) is 14.5. The second kappa shape index (κ2) is 6.78. The Morgan fingerprint density at radius 1 is 1.06 bits per heavy atom. The van der Waals surface area contributed by atoms with Crippen molar-refractivity contribution in [2.75, 3.05) is 0 Å². The molecule has 0 spiro atoms. The molecule has 0 unspecified atom stereocenters. The van der Waals surface area contributed by atoms with Crippen LogP contribution in [0.5, 0.6) is 0 Å². The zero-order valence-corrected chi connectivity index (χ0v) is 13.5. The molecule has 0 aliphatic rings. The molecule has 0 saturated heterocycles. The molecule has 0 nitrogen and oxygen atoms in total. The van der Waals surface area contributed by atoms with Crippen LogP contribution in [0, 0.1) is 11.3 Å². The summed E-state index contributed by atoms with van der Waals surface area (Å²) < 4.78 is 0. The molecule has 0 aromatic rings. The first-order chi connectivity index (χ1) is 8.15. The van der Waals surface area contributed by atoms with Crippen LogP contribution in [-0.2, 0) is 0 Å². The van der Waals surface area contributed by atoms with Gasteiger partial charge >= 0.3 is 0 Å². The minimum absolute atomic E-state index is 0.189. The minimum atomic E-state index is 0.189. The van der Waals surface area contributed by atoms with Gasteiger partial charge in [-0.05, 0) is 54.4 Å². The molecule has 0 radical (unpaired) electrons. The maximum absolute atomic E-state index is 4.21. The Balaban J connectivity index is 5.38. The molecule has 0 heteroatoms. The van der Waals surface area contributed by atoms with Gasteiger partial charge in [0.2, 0.25) is 0 Å². The lowest BCUT2D eigenvalue weighted by Gasteiger charge is -2.22. The Kier molecular flexibility index (Phi) is 6.38. The Morgan fingerprint density at radius 3 is 1.83 bits per heavy atom. The first kappa shape index (κ1) is 17.0. The molecule has 0 aromatic heterocycles. The molecule has 0 rings (SSSR count). The summed E-state index contributed by atoms with van der Waals surface area (Å²) in [6.45, 7) is 21.7. The summed E-state index contributed by atoms with van der Waals surface area (Å²) in [7, 11) is 0. The standard InChI is InChI=1S/C18H30/c1-10-16(18(7,8)9)12-14(5)17(11-2)15(6)13(3)4/h10-13H,6H2,1-5,7-9H3/b14-12-,16-10+,17-11+. The summed E-state index contributed by atoms with van der Waals surface area (Å²) >= 11 is 0. The van der Waals surface area contributed by atoms with Crippen molar-refractivity contribution in [3.8, 4) is 0 Å². The lowest BCUT2D eigenvalue weighted by molar-refractivity contribution is 0.515. The fourth-order valence-corrected chi connectivity index (χ4v) is 2.02. The quantitative estimate of drug-likeness (QED) is 0.527. The highest BCUT2D eigenvalue weighted by Gasteiger charge is 2.15. The SMILES string of the molecule is C=C(C(=C/C)/C(C)=C\C(=C/C)C(C)(C)C)C(C)C. The Morgan fingerprint density at radius 2 is 1.56 bits per heavy atom. The van der Waals surface area contributed by atoms with E-state index in [1.165, 1.54) is 22.3 Å². The third-order valence-electron chi connectivity index (χ3n) is 3.31. The number of hydrogen-bond donors (Lipinski definition) is 0. The molecule has 0 N–H and O–H groups in total. The van der Waals surface area contributed by atoms with E-state index < -0.39 is 0 Å². The van der Waals surface area contributed by atoms with Gasteiger partial charge in [-0.3, -0.25) is 0 Å². The van der Waals surface area contributed by atoms with Gasteiger partial charge in [0.15, 0.2) is 0 Å². The highest BCUT2D eigenvalue weighted by atomic mass is 14.2. The molecular weight excluding hydrogens is 216 g/mol. The predicted octanol–water partition coefficient (Wildman–Crippen LogP) is 6.08. The Hall–Kier alpha value is -1.04. The molecule has 0 heterocycles. The molecule has 0 aliphatic carbocycles. The van der Waals surface area contributed by atoms with E-state index in [4.69, 9.17) is 0 Å². The average Bonchev–Trinajstić information content (AvgIpc) is 2.24. The molecule has 0 atom stereocenters. The van der Waals surface area contributed by atoms with Crippen LogP contribution in [0.3, 0.4) is 0 Å². The molecule has 0 aromatic carbocycles. The van der Waals surface area contributed by atoms with E-state index in [-0.39, 0.29) is 5.41 Å². The second-order valence-corrected chi connectivity index (χ2v) is 6.20. The van der Waals surface area contributed by atoms with Crippen LogP contribution in [0.4, 0.5) is 0 Å². The lowest BCUT2D eigenvalue weighted by atomic mass is 9.83. The van der Waals surface area contributed by atoms with E-state index in [2.05, 4.69) is 80.2 Å². The zero-order valence-electron chi connectivity index (χ0n) is 13.5. The third kappa shape index (κ3) is 4.68. The smallest absolute Gasteiger partial charge is 0.0135 e. The largest absolute Gasteiger partial charge is 0.0950 e. The molecular formula is C18H30. The number of rotatable bonds is 4. The van der Waals surface area contributed by atoms with Gasteiger partial charge in [0.1, 0.15) is 0 Å². The highest BCUT2D eigenvalue weighted by Crippen LogP contribution is 2.30. The third-order valence-corrected chi connectivity index (χ3v) is 3.31. The van der Waals surface area contributed by atoms with Crippen LogP contribution in [0.25, 0.3) is 0 Å². The van der Waals surface area contributed by atoms with Gasteiger partial charge in [-0.15, -0.1) is 0 Å². The maximum atomic E-state index is 4.21. The van der Waals surface area contributed by atoms with Crippen molar-refractivity contribution in [3.63, 3.8) is 0 Å². The van der Waals surface area contributed by atoms with E-state index in [0.717, 1.165) is 0 Å². The summed E-state index contributed by atoms with van der Waals surface area (Å²) in [4.78, 5) is 0. The normalized spacial score (nSPS) is 15.3. The number of hydrogen-bond acceptors (Lipinski definition) is 0. The first-order valence-corrected chi connectivity index (χ1v) is 6.86. The molecule has 0 aliphatic heterocycles. The first-order valence-electron chi connectivity index (χ1n) is 6.86. The summed E-state index contributed by atoms with van der Waals surface area (Å²) in [5, 5.41) is 0. The van der Waals surface area contributed by atoms with Crippen molar-refractivity contribution >= 4 is 0 Å². The lowest BCUT2D eigenvalue weighted by Crippen LogP contribution is -2.08. The molecule has 102 valence electrons. The predicted molar refractivity (Wildman–Crippen MR) is 84.7 cm³/mol. The van der Waals surface area contributed by atoms with Crippen molar-refractivity contribution in [2.24, 2.45) is 11.3 Å². The van der Waals surface area contributed by atoms with E-state index in [0.29, 0.717) is 5.92 Å². The van der Waals surface area contributed by atoms with E-state index in [1.807, 2.05) is 0 Å². The fourth-order valence-electron chi connectivity index (χ4n) is 2.02. The topological polar surface area (TPSA) is 0 Å². The van der Waals surface area contributed by atoms with E-state index >= 15 is 0 Å². The van der Waals surface area contributed by atoms with Gasteiger partial charge in [-0.25, -0.2) is 0 Å². The summed E-state index contributed by atoms with van der Waals surface area (Å²) in [6, 6.07) is 0. The monoisotopic (exact) mass is 246 g/mol. The van der Waals surface area contributed by atoms with Crippen molar-refractivity contribution in [2.45, 2.75) is 55.4 Å². The summed E-state index contributed by atoms with van der Waals surface area (Å²) in [5.41, 5.74) is 5.37. The Labute approximate surface area is 114 Å². The maximum Gasteiger partial charge on any atom is -0.0135 e. The summed E-state index contributed by atoms with van der Waals surface area (Å²) in [6.07, 6.45) is 6.67. The van der Waals surface area contributed by atoms with Gasteiger partial charge in [-0.1, -0.05) is 59.4 Å². The fraction of sp³-hybridized carbons (Fsp3) is 0.556. The van der Waals surface area contributed by atoms with Gasteiger partial charge in [0.25, 0.3) is 0 Å². The van der Waals surface area contributed by atoms with Gasteiger partial charge < -0.3 is 0 Å². The van der Waals surface area contributed by atoms with E-state index in [9.17, 15) is 0 Å². The van der Waals surface area contributed by atoms with Crippen LogP contribution in [0.1, 0.15) is 55.4 Å². The van der Waals surface area contributed by atoms with Crippen LogP contribution in [0.15, 0.2) is 47.1 Å². The molecule has 0 fully saturated rings. The van der Waals surface area contributed by atoms with Crippen molar-refractivity contribution in [1.82, 2.24) is 0 Å². The van der Waals surface area contributed by atoms with Crippen molar-refractivity contribution in [3.05, 3.63) is 47.1 Å². The van der Waals surface area contributed by atoms with E-state index in [1.54, 1.807) is 0 Å². The molecule has 0 amide bonds. The summed E-state index contributed by atoms with van der Waals surface area (Å²) in [5.74, 6) is 0.489. The molecule has 0 saturated carbocycles. The van der Waals surface area contributed by atoms with Gasteiger partial charge in [0, 0.05) is 0 Å². The molecule has 0 bridgehead atoms. The highest BCUT2D eigenvalue weighted by molar-refractivity contribution is 5.48. The van der Waals surface area contributed by atoms with Gasteiger partial charge in [-0.2, -0.15) is 0 Å². The average molecular weight is 246 g/mol. The minimum Gasteiger partial charge on any atom is -0.0950 e. The van der Waals surface area contributed by atoms with Crippen LogP contribution < -0.4 is 0 Å². The molecule has 18 heavy (non-hydrogen) atoms. The number of allylic oxidation sites excluding steroid dienone is 7. The van der Waals surface area contributed by atoms with Crippen LogP contribution >= 0.6 is 0 Å². The van der Waals surface area contributed by atoms with Crippen LogP contribution in [0.2, 0.25) is 0 Å². The Bertz CT molecular complexity index is 379. The van der Waals surface area contributed by atoms with Crippen molar-refractivity contribution < 1.29 is 0 Å². The second-order valence-electron chi connectivity index (χ2n) is 6.20.